The average molecular weight is 374 g/mol. The molecule has 1 aliphatic rings. The molecule has 0 N–H and O–H groups in total. The molecule has 0 aliphatic carbocycles. The number of anilines is 1. The lowest BCUT2D eigenvalue weighted by atomic mass is 9.86. The van der Waals surface area contributed by atoms with E-state index in [0.717, 1.165) is 41.7 Å². The van der Waals surface area contributed by atoms with Gasteiger partial charge < -0.3 is 9.47 Å². The highest BCUT2D eigenvalue weighted by Gasteiger charge is 2.43. The van der Waals surface area contributed by atoms with Crippen LogP contribution in [-0.2, 0) is 23.2 Å². The quantitative estimate of drug-likeness (QED) is 0.578. The molecule has 0 radical (unpaired) electrons. The van der Waals surface area contributed by atoms with Crippen molar-refractivity contribution in [3.05, 3.63) is 72.1 Å². The molecule has 0 spiro atoms. The average Bonchev–Trinajstić information content (AvgIpc) is 3.18. The third-order valence-corrected chi connectivity index (χ3v) is 5.66. The first-order valence-corrected chi connectivity index (χ1v) is 10.0. The SMILES string of the molecule is CCC=CCN1C(=O)C(C)(C)c2cc3c(cc21)ncn3CCc1ccccc1. The van der Waals surface area contributed by atoms with Crippen LogP contribution in [0.4, 0.5) is 5.69 Å². The molecular weight excluding hydrogens is 346 g/mol. The summed E-state index contributed by atoms with van der Waals surface area (Å²) in [5.41, 5.74) is 4.93. The highest BCUT2D eigenvalue weighted by Crippen LogP contribution is 2.43. The zero-order chi connectivity index (χ0) is 19.7. The molecule has 2 aromatic carbocycles. The number of nitrogens with zero attached hydrogens (tertiary/aromatic N) is 3. The molecule has 4 rings (SSSR count). The number of fused-ring (bicyclic) bond motifs is 2. The minimum absolute atomic E-state index is 0.159. The van der Waals surface area contributed by atoms with Crippen LogP contribution < -0.4 is 4.90 Å². The molecule has 0 saturated heterocycles. The van der Waals surface area contributed by atoms with Crippen molar-refractivity contribution in [2.45, 2.75) is 45.6 Å². The van der Waals surface area contributed by atoms with Gasteiger partial charge in [-0.05, 0) is 49.9 Å². The standard InChI is InChI=1S/C24H27N3O/c1-4-5-9-13-27-21-16-20-22(15-19(21)24(2,3)23(27)28)26(17-25-20)14-12-18-10-7-6-8-11-18/h5-11,15-17H,4,12-14H2,1-3H3. The summed E-state index contributed by atoms with van der Waals surface area (Å²) in [4.78, 5) is 19.6. The third-order valence-electron chi connectivity index (χ3n) is 5.66. The monoisotopic (exact) mass is 373 g/mol. The number of carbonyl (C=O) groups excluding carboxylic acids is 1. The smallest absolute Gasteiger partial charge is 0.237 e. The molecule has 0 fully saturated rings. The van der Waals surface area contributed by atoms with Gasteiger partial charge in [0.05, 0.1) is 28.5 Å². The van der Waals surface area contributed by atoms with Crippen LogP contribution in [0.15, 0.2) is 60.9 Å². The van der Waals surface area contributed by atoms with E-state index in [2.05, 4.69) is 65.0 Å². The van der Waals surface area contributed by atoms with Gasteiger partial charge >= 0.3 is 0 Å². The van der Waals surface area contributed by atoms with Crippen LogP contribution in [-0.4, -0.2) is 22.0 Å². The van der Waals surface area contributed by atoms with Gasteiger partial charge in [-0.25, -0.2) is 4.98 Å². The fourth-order valence-corrected chi connectivity index (χ4v) is 3.98. The second kappa shape index (κ2) is 7.27. The van der Waals surface area contributed by atoms with Crippen LogP contribution in [0.2, 0.25) is 0 Å². The molecule has 144 valence electrons. The Balaban J connectivity index is 1.68. The molecule has 2 heterocycles. The molecule has 1 aliphatic heterocycles. The molecule has 0 atom stereocenters. The van der Waals surface area contributed by atoms with Gasteiger partial charge in [0, 0.05) is 13.1 Å². The molecule has 0 saturated carbocycles. The van der Waals surface area contributed by atoms with Crippen molar-refractivity contribution in [1.29, 1.82) is 0 Å². The van der Waals surface area contributed by atoms with E-state index in [1.807, 2.05) is 31.1 Å². The van der Waals surface area contributed by atoms with E-state index in [0.29, 0.717) is 6.54 Å². The lowest BCUT2D eigenvalue weighted by Gasteiger charge is -2.18. The lowest BCUT2D eigenvalue weighted by molar-refractivity contribution is -0.121. The third kappa shape index (κ3) is 3.13. The Hall–Kier alpha value is -2.88. The number of rotatable bonds is 6. The normalized spacial score (nSPS) is 15.7. The predicted octanol–water partition coefficient (Wildman–Crippen LogP) is 4.87. The zero-order valence-corrected chi connectivity index (χ0v) is 16.9. The molecule has 28 heavy (non-hydrogen) atoms. The van der Waals surface area contributed by atoms with Gasteiger partial charge in [0.25, 0.3) is 0 Å². The lowest BCUT2D eigenvalue weighted by Crippen LogP contribution is -2.36. The molecular formula is C24H27N3O. The number of benzene rings is 2. The molecule has 1 aromatic heterocycles. The van der Waals surface area contributed by atoms with Crippen LogP contribution in [0.3, 0.4) is 0 Å². The summed E-state index contributed by atoms with van der Waals surface area (Å²) in [6, 6.07) is 14.7. The maximum atomic E-state index is 13.0. The van der Waals surface area contributed by atoms with Gasteiger partial charge in [-0.3, -0.25) is 4.79 Å². The van der Waals surface area contributed by atoms with Crippen molar-refractivity contribution in [2.24, 2.45) is 0 Å². The molecule has 3 aromatic rings. The van der Waals surface area contributed by atoms with Gasteiger partial charge in [0.2, 0.25) is 5.91 Å². The second-order valence-electron chi connectivity index (χ2n) is 7.95. The number of hydrogen-bond donors (Lipinski definition) is 0. The Labute approximate surface area is 166 Å². The van der Waals surface area contributed by atoms with Crippen LogP contribution in [0, 0.1) is 0 Å². The summed E-state index contributed by atoms with van der Waals surface area (Å²) in [5, 5.41) is 0. The number of allylic oxidation sites excluding steroid dienone is 1. The van der Waals surface area contributed by atoms with Gasteiger partial charge in [-0.15, -0.1) is 0 Å². The summed E-state index contributed by atoms with van der Waals surface area (Å²) >= 11 is 0. The summed E-state index contributed by atoms with van der Waals surface area (Å²) in [5.74, 6) is 0.159. The van der Waals surface area contributed by atoms with Crippen LogP contribution in [0.1, 0.15) is 38.3 Å². The van der Waals surface area contributed by atoms with Gasteiger partial charge in [0.1, 0.15) is 0 Å². The van der Waals surface area contributed by atoms with E-state index < -0.39 is 5.41 Å². The van der Waals surface area contributed by atoms with E-state index in [4.69, 9.17) is 0 Å². The predicted molar refractivity (Wildman–Crippen MR) is 115 cm³/mol. The van der Waals surface area contributed by atoms with Crippen LogP contribution >= 0.6 is 0 Å². The number of aromatic nitrogens is 2. The van der Waals surface area contributed by atoms with Gasteiger partial charge in [-0.2, -0.15) is 0 Å². The summed E-state index contributed by atoms with van der Waals surface area (Å²) < 4.78 is 2.20. The maximum Gasteiger partial charge on any atom is 0.237 e. The first-order valence-electron chi connectivity index (χ1n) is 10.0. The largest absolute Gasteiger partial charge is 0.330 e. The Kier molecular flexibility index (Phi) is 4.80. The Morgan fingerprint density at radius 1 is 1.11 bits per heavy atom. The number of aryl methyl sites for hydroxylation is 2. The summed E-state index contributed by atoms with van der Waals surface area (Å²) in [6.45, 7) is 7.63. The first-order chi connectivity index (χ1) is 13.5. The van der Waals surface area contributed by atoms with Crippen molar-refractivity contribution >= 4 is 22.6 Å². The van der Waals surface area contributed by atoms with Crippen molar-refractivity contribution in [3.8, 4) is 0 Å². The molecule has 1 amide bonds. The Morgan fingerprint density at radius 3 is 2.64 bits per heavy atom. The summed E-state index contributed by atoms with van der Waals surface area (Å²) in [7, 11) is 0. The highest BCUT2D eigenvalue weighted by molar-refractivity contribution is 6.09. The number of hydrogen-bond acceptors (Lipinski definition) is 2. The van der Waals surface area contributed by atoms with Crippen molar-refractivity contribution in [2.75, 3.05) is 11.4 Å². The van der Waals surface area contributed by atoms with E-state index in [1.165, 1.54) is 5.56 Å². The fourth-order valence-electron chi connectivity index (χ4n) is 3.98. The fraction of sp³-hybridized carbons (Fsp3) is 0.333. The van der Waals surface area contributed by atoms with E-state index in [1.54, 1.807) is 0 Å². The molecule has 0 unspecified atom stereocenters. The van der Waals surface area contributed by atoms with Gasteiger partial charge in [-0.1, -0.05) is 49.4 Å². The number of carbonyl (C=O) groups is 1. The number of imidazole rings is 1. The first kappa shape index (κ1) is 18.5. The van der Waals surface area contributed by atoms with Gasteiger partial charge in [0.15, 0.2) is 0 Å². The molecule has 0 bridgehead atoms. The van der Waals surface area contributed by atoms with Crippen LogP contribution in [0.5, 0.6) is 0 Å². The van der Waals surface area contributed by atoms with E-state index in [-0.39, 0.29) is 5.91 Å². The highest BCUT2D eigenvalue weighted by atomic mass is 16.2. The van der Waals surface area contributed by atoms with Crippen LogP contribution in [0.25, 0.3) is 11.0 Å². The second-order valence-corrected chi connectivity index (χ2v) is 7.95. The minimum Gasteiger partial charge on any atom is -0.330 e. The van der Waals surface area contributed by atoms with Crippen molar-refractivity contribution in [1.82, 2.24) is 9.55 Å². The topological polar surface area (TPSA) is 38.1 Å². The molecule has 4 heteroatoms. The van der Waals surface area contributed by atoms with Crippen molar-refractivity contribution in [3.63, 3.8) is 0 Å². The summed E-state index contributed by atoms with van der Waals surface area (Å²) in [6.07, 6.45) is 8.03. The zero-order valence-electron chi connectivity index (χ0n) is 16.9. The minimum atomic E-state index is -0.516. The Bertz CT molecular complexity index is 1030. The Morgan fingerprint density at radius 2 is 1.89 bits per heavy atom. The van der Waals surface area contributed by atoms with Crippen molar-refractivity contribution < 1.29 is 4.79 Å². The van der Waals surface area contributed by atoms with E-state index >= 15 is 0 Å². The molecule has 4 nitrogen and oxygen atoms in total. The maximum absolute atomic E-state index is 13.0. The number of amides is 1. The van der Waals surface area contributed by atoms with E-state index in [9.17, 15) is 4.79 Å².